The van der Waals surface area contributed by atoms with Crippen molar-refractivity contribution in [2.24, 2.45) is 5.92 Å². The summed E-state index contributed by atoms with van der Waals surface area (Å²) in [5.41, 5.74) is 0.482. The highest BCUT2D eigenvalue weighted by Crippen LogP contribution is 2.41. The molecule has 0 bridgehead atoms. The second-order valence-corrected chi connectivity index (χ2v) is 7.50. The van der Waals surface area contributed by atoms with Crippen LogP contribution in [0.3, 0.4) is 0 Å². The minimum atomic E-state index is -0.972. The first-order valence-electron chi connectivity index (χ1n) is 8.43. The van der Waals surface area contributed by atoms with Crippen molar-refractivity contribution in [1.82, 2.24) is 4.98 Å². The van der Waals surface area contributed by atoms with E-state index < -0.39 is 22.3 Å². The van der Waals surface area contributed by atoms with E-state index in [4.69, 9.17) is 0 Å². The molecule has 1 saturated carbocycles. The molecule has 1 aromatic carbocycles. The number of carbonyl (C=O) groups excluding carboxylic acids is 2. The van der Waals surface area contributed by atoms with Crippen LogP contribution in [-0.4, -0.2) is 28.3 Å². The maximum Gasteiger partial charge on any atom is 0.306 e. The van der Waals surface area contributed by atoms with Crippen LogP contribution in [0.5, 0.6) is 0 Å². The number of rotatable bonds is 5. The average molecular weight is 390 g/mol. The van der Waals surface area contributed by atoms with Crippen molar-refractivity contribution in [3.05, 3.63) is 45.2 Å². The van der Waals surface area contributed by atoms with Gasteiger partial charge < -0.3 is 10.2 Å². The zero-order valence-corrected chi connectivity index (χ0v) is 14.9. The summed E-state index contributed by atoms with van der Waals surface area (Å²) in [4.78, 5) is 40.5. The van der Waals surface area contributed by atoms with Crippen molar-refractivity contribution in [3.8, 4) is 0 Å². The topological polar surface area (TPSA) is 105 Å². The van der Waals surface area contributed by atoms with Gasteiger partial charge in [0, 0.05) is 30.3 Å². The number of carbonyl (C=O) groups is 2. The van der Waals surface area contributed by atoms with Gasteiger partial charge in [-0.1, -0.05) is 0 Å². The Hall–Kier alpha value is -2.88. The van der Waals surface area contributed by atoms with E-state index in [2.05, 4.69) is 10.3 Å². The molecule has 1 atom stereocenters. The Morgan fingerprint density at radius 1 is 1.41 bits per heavy atom. The van der Waals surface area contributed by atoms with Crippen molar-refractivity contribution in [3.63, 3.8) is 0 Å². The molecule has 8 nitrogen and oxygen atoms in total. The molecule has 1 N–H and O–H groups in total. The number of nitrogens with one attached hydrogen (secondary N) is 1. The van der Waals surface area contributed by atoms with Gasteiger partial charge in [-0.05, 0) is 25.0 Å². The fraction of sp³-hybridized carbons (Fsp3) is 0.353. The molecule has 2 fully saturated rings. The van der Waals surface area contributed by atoms with Gasteiger partial charge in [-0.3, -0.25) is 19.7 Å². The minimum Gasteiger partial charge on any atom is -0.311 e. The maximum atomic E-state index is 13.5. The van der Waals surface area contributed by atoms with Crippen molar-refractivity contribution in [2.45, 2.75) is 25.2 Å². The molecule has 1 saturated heterocycles. The molecular formula is C17H15FN4O4S. The van der Waals surface area contributed by atoms with Gasteiger partial charge in [0.1, 0.15) is 0 Å². The summed E-state index contributed by atoms with van der Waals surface area (Å²) in [7, 11) is 0. The zero-order valence-electron chi connectivity index (χ0n) is 14.1. The van der Waals surface area contributed by atoms with Crippen LogP contribution in [0.25, 0.3) is 0 Å². The van der Waals surface area contributed by atoms with E-state index in [0.717, 1.165) is 30.7 Å². The van der Waals surface area contributed by atoms with Gasteiger partial charge in [0.15, 0.2) is 5.13 Å². The smallest absolute Gasteiger partial charge is 0.306 e. The summed E-state index contributed by atoms with van der Waals surface area (Å²) in [5.74, 6) is -1.74. The predicted octanol–water partition coefficient (Wildman–Crippen LogP) is 3.06. The third-order valence-electron chi connectivity index (χ3n) is 4.68. The first-order valence-corrected chi connectivity index (χ1v) is 9.31. The Kier molecular flexibility index (Phi) is 4.34. The number of anilines is 2. The molecule has 4 rings (SSSR count). The third-order valence-corrected chi connectivity index (χ3v) is 5.46. The highest BCUT2D eigenvalue weighted by molar-refractivity contribution is 7.13. The predicted molar refractivity (Wildman–Crippen MR) is 96.2 cm³/mol. The number of benzene rings is 1. The van der Waals surface area contributed by atoms with E-state index in [1.165, 1.54) is 22.3 Å². The normalized spacial score (nSPS) is 19.4. The maximum absolute atomic E-state index is 13.5. The van der Waals surface area contributed by atoms with Crippen LogP contribution in [0.15, 0.2) is 23.6 Å². The SMILES string of the molecule is O=C(Nc1nc(C2CC2)cs1)C1CC(=O)N(c2ccc(F)c([N+](=O)[O-])c2)C1. The molecule has 1 unspecified atom stereocenters. The Bertz CT molecular complexity index is 943. The van der Waals surface area contributed by atoms with Crippen LogP contribution in [0.2, 0.25) is 0 Å². The van der Waals surface area contributed by atoms with Crippen molar-refractivity contribution in [2.75, 3.05) is 16.8 Å². The van der Waals surface area contributed by atoms with Crippen LogP contribution in [0.1, 0.15) is 30.9 Å². The largest absolute Gasteiger partial charge is 0.311 e. The number of nitro benzene ring substituents is 1. The molecule has 0 spiro atoms. The van der Waals surface area contributed by atoms with E-state index in [9.17, 15) is 24.1 Å². The standard InChI is InChI=1S/C17H15FN4O4S/c18-12-4-3-11(6-14(12)22(25)26)21-7-10(5-15(21)23)16(24)20-17-19-13(8-27-17)9-1-2-9/h3-4,6,8-10H,1-2,5,7H2,(H,19,20,24). The number of hydrogen-bond acceptors (Lipinski definition) is 6. The Morgan fingerprint density at radius 2 is 2.19 bits per heavy atom. The van der Waals surface area contributed by atoms with Crippen molar-refractivity contribution >= 4 is 39.7 Å². The van der Waals surface area contributed by atoms with E-state index in [1.54, 1.807) is 0 Å². The molecule has 2 aromatic rings. The second kappa shape index (κ2) is 6.69. The van der Waals surface area contributed by atoms with E-state index >= 15 is 0 Å². The number of hydrogen-bond donors (Lipinski definition) is 1. The third kappa shape index (κ3) is 3.52. The van der Waals surface area contributed by atoms with Gasteiger partial charge >= 0.3 is 5.69 Å². The van der Waals surface area contributed by atoms with Crippen LogP contribution in [0, 0.1) is 21.8 Å². The number of nitrogens with zero attached hydrogens (tertiary/aromatic N) is 3. The molecule has 0 radical (unpaired) electrons. The van der Waals surface area contributed by atoms with Crippen LogP contribution >= 0.6 is 11.3 Å². The summed E-state index contributed by atoms with van der Waals surface area (Å²) in [6.07, 6.45) is 2.22. The monoisotopic (exact) mass is 390 g/mol. The van der Waals surface area contributed by atoms with Gasteiger partial charge in [0.2, 0.25) is 17.6 Å². The van der Waals surface area contributed by atoms with Crippen LogP contribution in [0.4, 0.5) is 20.9 Å². The molecule has 140 valence electrons. The average Bonchev–Trinajstić information content (AvgIpc) is 3.25. The van der Waals surface area contributed by atoms with Gasteiger partial charge in [-0.25, -0.2) is 4.98 Å². The molecule has 1 aromatic heterocycles. The molecule has 2 aliphatic rings. The lowest BCUT2D eigenvalue weighted by Crippen LogP contribution is -2.28. The molecule has 27 heavy (non-hydrogen) atoms. The fourth-order valence-electron chi connectivity index (χ4n) is 3.06. The Balaban J connectivity index is 1.45. The highest BCUT2D eigenvalue weighted by Gasteiger charge is 2.36. The highest BCUT2D eigenvalue weighted by atomic mass is 32.1. The molecule has 1 aliphatic carbocycles. The summed E-state index contributed by atoms with van der Waals surface area (Å²) < 4.78 is 13.5. The number of thiazole rings is 1. The second-order valence-electron chi connectivity index (χ2n) is 6.64. The molecule has 10 heteroatoms. The lowest BCUT2D eigenvalue weighted by molar-refractivity contribution is -0.387. The van der Waals surface area contributed by atoms with E-state index in [0.29, 0.717) is 11.0 Å². The first-order chi connectivity index (χ1) is 12.9. The van der Waals surface area contributed by atoms with Crippen LogP contribution in [-0.2, 0) is 9.59 Å². The first kappa shape index (κ1) is 17.5. The summed E-state index contributed by atoms with van der Waals surface area (Å²) >= 11 is 1.35. The Morgan fingerprint density at radius 3 is 2.89 bits per heavy atom. The molecule has 2 heterocycles. The number of nitro groups is 1. The molecular weight excluding hydrogens is 375 g/mol. The number of halogens is 1. The van der Waals surface area contributed by atoms with E-state index in [-0.39, 0.29) is 30.5 Å². The lowest BCUT2D eigenvalue weighted by atomic mass is 10.1. The lowest BCUT2D eigenvalue weighted by Gasteiger charge is -2.16. The minimum absolute atomic E-state index is 0.0160. The zero-order chi connectivity index (χ0) is 19.1. The summed E-state index contributed by atoms with van der Waals surface area (Å²) in [5, 5.41) is 16.1. The van der Waals surface area contributed by atoms with Crippen molar-refractivity contribution in [1.29, 1.82) is 0 Å². The van der Waals surface area contributed by atoms with Gasteiger partial charge in [0.25, 0.3) is 0 Å². The van der Waals surface area contributed by atoms with Crippen molar-refractivity contribution < 1.29 is 18.9 Å². The number of amides is 2. The Labute approximate surface area is 157 Å². The fourth-order valence-corrected chi connectivity index (χ4v) is 3.85. The van der Waals surface area contributed by atoms with E-state index in [1.807, 2.05) is 5.38 Å². The summed E-state index contributed by atoms with van der Waals surface area (Å²) in [6.45, 7) is 0.0777. The van der Waals surface area contributed by atoms with Gasteiger partial charge in [-0.15, -0.1) is 11.3 Å². The quantitative estimate of drug-likeness (QED) is 0.624. The molecule has 2 amide bonds. The molecule has 1 aliphatic heterocycles. The van der Waals surface area contributed by atoms with Gasteiger partial charge in [0.05, 0.1) is 22.2 Å². The summed E-state index contributed by atoms with van der Waals surface area (Å²) in [6, 6.07) is 3.25. The van der Waals surface area contributed by atoms with Crippen LogP contribution < -0.4 is 10.2 Å². The number of aromatic nitrogens is 1. The van der Waals surface area contributed by atoms with Gasteiger partial charge in [-0.2, -0.15) is 4.39 Å².